The van der Waals surface area contributed by atoms with Crippen LogP contribution >= 0.6 is 0 Å². The van der Waals surface area contributed by atoms with Gasteiger partial charge >= 0.3 is 5.97 Å². The molecule has 0 saturated carbocycles. The molecule has 0 aliphatic heterocycles. The standard InChI is InChI=1S/C21H19NO3/c1-2-18-17(21(23)24)12-13-19(22-18)16-10-6-7-11-20(16)25-14-15-8-4-3-5-9-15/h3-13H,2,14H2,1H3,(H,23,24). The van der Waals surface area contributed by atoms with Gasteiger partial charge in [0.2, 0.25) is 0 Å². The number of para-hydroxylation sites is 1. The number of benzene rings is 2. The van der Waals surface area contributed by atoms with Gasteiger partial charge in [0.05, 0.1) is 17.0 Å². The zero-order valence-corrected chi connectivity index (χ0v) is 14.0. The van der Waals surface area contributed by atoms with Gasteiger partial charge in [0.15, 0.2) is 0 Å². The van der Waals surface area contributed by atoms with Gasteiger partial charge in [-0.05, 0) is 36.2 Å². The minimum Gasteiger partial charge on any atom is -0.488 e. The van der Waals surface area contributed by atoms with Crippen LogP contribution in [0, 0.1) is 0 Å². The second kappa shape index (κ2) is 7.62. The lowest BCUT2D eigenvalue weighted by Gasteiger charge is -2.12. The molecular weight excluding hydrogens is 314 g/mol. The van der Waals surface area contributed by atoms with Crippen molar-refractivity contribution in [2.75, 3.05) is 0 Å². The van der Waals surface area contributed by atoms with Crippen molar-refractivity contribution in [1.29, 1.82) is 0 Å². The maximum absolute atomic E-state index is 11.3. The van der Waals surface area contributed by atoms with Crippen molar-refractivity contribution < 1.29 is 14.6 Å². The van der Waals surface area contributed by atoms with Gasteiger partial charge < -0.3 is 9.84 Å². The summed E-state index contributed by atoms with van der Waals surface area (Å²) in [5.74, 6) is -0.228. The van der Waals surface area contributed by atoms with Gasteiger partial charge in [-0.2, -0.15) is 0 Å². The van der Waals surface area contributed by atoms with Crippen LogP contribution in [-0.2, 0) is 13.0 Å². The second-order valence-electron chi connectivity index (χ2n) is 5.62. The molecule has 0 spiro atoms. The first-order valence-electron chi connectivity index (χ1n) is 8.18. The number of nitrogens with zero attached hydrogens (tertiary/aromatic N) is 1. The molecule has 25 heavy (non-hydrogen) atoms. The molecule has 2 aromatic carbocycles. The zero-order valence-electron chi connectivity index (χ0n) is 14.0. The van der Waals surface area contributed by atoms with Gasteiger partial charge in [0.25, 0.3) is 0 Å². The number of aromatic nitrogens is 1. The molecule has 126 valence electrons. The summed E-state index contributed by atoms with van der Waals surface area (Å²) in [6.45, 7) is 2.36. The van der Waals surface area contributed by atoms with Crippen molar-refractivity contribution in [3.63, 3.8) is 0 Å². The molecule has 0 aliphatic rings. The number of ether oxygens (including phenoxy) is 1. The predicted molar refractivity (Wildman–Crippen MR) is 96.8 cm³/mol. The Hall–Kier alpha value is -3.14. The summed E-state index contributed by atoms with van der Waals surface area (Å²) in [5.41, 5.74) is 3.47. The van der Waals surface area contributed by atoms with E-state index in [0.717, 1.165) is 16.9 Å². The fraction of sp³-hybridized carbons (Fsp3) is 0.143. The van der Waals surface area contributed by atoms with E-state index in [1.165, 1.54) is 0 Å². The average molecular weight is 333 g/mol. The Morgan fingerprint density at radius 1 is 1.00 bits per heavy atom. The van der Waals surface area contributed by atoms with Crippen LogP contribution in [0.1, 0.15) is 28.5 Å². The fourth-order valence-electron chi connectivity index (χ4n) is 2.66. The average Bonchev–Trinajstić information content (AvgIpc) is 2.66. The third kappa shape index (κ3) is 3.86. The van der Waals surface area contributed by atoms with E-state index >= 15 is 0 Å². The summed E-state index contributed by atoms with van der Waals surface area (Å²) >= 11 is 0. The zero-order chi connectivity index (χ0) is 17.6. The van der Waals surface area contributed by atoms with E-state index in [-0.39, 0.29) is 5.56 Å². The van der Waals surface area contributed by atoms with Crippen molar-refractivity contribution in [3.8, 4) is 17.0 Å². The van der Waals surface area contributed by atoms with Gasteiger partial charge in [-0.15, -0.1) is 0 Å². The van der Waals surface area contributed by atoms with Crippen LogP contribution in [0.4, 0.5) is 0 Å². The third-order valence-electron chi connectivity index (χ3n) is 3.94. The molecule has 1 aromatic heterocycles. The summed E-state index contributed by atoms with van der Waals surface area (Å²) in [5, 5.41) is 9.26. The van der Waals surface area contributed by atoms with Crippen molar-refractivity contribution in [2.24, 2.45) is 0 Å². The number of carboxylic acid groups (broad SMARTS) is 1. The number of hydrogen-bond donors (Lipinski definition) is 1. The Labute approximate surface area is 146 Å². The van der Waals surface area contributed by atoms with Gasteiger partial charge in [-0.25, -0.2) is 4.79 Å². The first kappa shape index (κ1) is 16.7. The minimum absolute atomic E-state index is 0.244. The highest BCUT2D eigenvalue weighted by atomic mass is 16.5. The molecule has 0 saturated heterocycles. The molecule has 0 unspecified atom stereocenters. The number of hydrogen-bond acceptors (Lipinski definition) is 3. The van der Waals surface area contributed by atoms with E-state index in [1.54, 1.807) is 12.1 Å². The summed E-state index contributed by atoms with van der Waals surface area (Å²) in [6.07, 6.45) is 0.558. The van der Waals surface area contributed by atoms with E-state index in [1.807, 2.05) is 61.5 Å². The molecule has 3 rings (SSSR count). The summed E-state index contributed by atoms with van der Waals surface area (Å²) in [6, 6.07) is 20.9. The molecule has 0 radical (unpaired) electrons. The summed E-state index contributed by atoms with van der Waals surface area (Å²) < 4.78 is 5.97. The Balaban J connectivity index is 1.91. The number of rotatable bonds is 6. The van der Waals surface area contributed by atoms with Crippen molar-refractivity contribution in [1.82, 2.24) is 4.98 Å². The van der Waals surface area contributed by atoms with Crippen LogP contribution in [0.15, 0.2) is 66.7 Å². The highest BCUT2D eigenvalue weighted by Gasteiger charge is 2.14. The van der Waals surface area contributed by atoms with Gasteiger partial charge in [-0.3, -0.25) is 4.98 Å². The number of aromatic carboxylic acids is 1. The third-order valence-corrected chi connectivity index (χ3v) is 3.94. The molecule has 0 fully saturated rings. The van der Waals surface area contributed by atoms with Gasteiger partial charge in [-0.1, -0.05) is 49.4 Å². The van der Waals surface area contributed by atoms with Crippen LogP contribution in [-0.4, -0.2) is 16.1 Å². The first-order valence-corrected chi connectivity index (χ1v) is 8.18. The molecule has 0 atom stereocenters. The number of carboxylic acids is 1. The molecule has 4 nitrogen and oxygen atoms in total. The molecule has 1 N–H and O–H groups in total. The van der Waals surface area contributed by atoms with Crippen LogP contribution in [0.25, 0.3) is 11.3 Å². The lowest BCUT2D eigenvalue weighted by molar-refractivity contribution is 0.0695. The van der Waals surface area contributed by atoms with Gasteiger partial charge in [0.1, 0.15) is 12.4 Å². The molecular formula is C21H19NO3. The SMILES string of the molecule is CCc1nc(-c2ccccc2OCc2ccccc2)ccc1C(=O)O. The van der Waals surface area contributed by atoms with Crippen LogP contribution in [0.3, 0.4) is 0 Å². The smallest absolute Gasteiger partial charge is 0.337 e. The normalized spacial score (nSPS) is 10.4. The maximum atomic E-state index is 11.3. The molecule has 4 heteroatoms. The Bertz CT molecular complexity index is 875. The quantitative estimate of drug-likeness (QED) is 0.717. The highest BCUT2D eigenvalue weighted by molar-refractivity contribution is 5.89. The van der Waals surface area contributed by atoms with Gasteiger partial charge in [0, 0.05) is 5.56 Å². The van der Waals surface area contributed by atoms with Crippen molar-refractivity contribution >= 4 is 5.97 Å². The van der Waals surface area contributed by atoms with Crippen molar-refractivity contribution in [3.05, 3.63) is 83.6 Å². The molecule has 0 amide bonds. The Morgan fingerprint density at radius 2 is 1.72 bits per heavy atom. The van der Waals surface area contributed by atoms with Crippen LogP contribution in [0.5, 0.6) is 5.75 Å². The lowest BCUT2D eigenvalue weighted by Crippen LogP contribution is -2.05. The fourth-order valence-corrected chi connectivity index (χ4v) is 2.66. The summed E-state index contributed by atoms with van der Waals surface area (Å²) in [4.78, 5) is 15.8. The monoisotopic (exact) mass is 333 g/mol. The summed E-state index contributed by atoms with van der Waals surface area (Å²) in [7, 11) is 0. The van der Waals surface area contributed by atoms with E-state index < -0.39 is 5.97 Å². The molecule has 3 aromatic rings. The largest absolute Gasteiger partial charge is 0.488 e. The molecule has 0 bridgehead atoms. The van der Waals surface area contributed by atoms with E-state index in [9.17, 15) is 9.90 Å². The maximum Gasteiger partial charge on any atom is 0.337 e. The Kier molecular flexibility index (Phi) is 5.09. The van der Waals surface area contributed by atoms with Crippen molar-refractivity contribution in [2.45, 2.75) is 20.0 Å². The Morgan fingerprint density at radius 3 is 2.44 bits per heavy atom. The van der Waals surface area contributed by atoms with E-state index in [4.69, 9.17) is 4.74 Å². The van der Waals surface area contributed by atoms with Crippen LogP contribution < -0.4 is 4.74 Å². The predicted octanol–water partition coefficient (Wildman–Crippen LogP) is 4.59. The number of aryl methyl sites for hydroxylation is 1. The minimum atomic E-state index is -0.954. The number of carbonyl (C=O) groups is 1. The lowest BCUT2D eigenvalue weighted by atomic mass is 10.1. The number of pyridine rings is 1. The van der Waals surface area contributed by atoms with Crippen LogP contribution in [0.2, 0.25) is 0 Å². The second-order valence-corrected chi connectivity index (χ2v) is 5.62. The van der Waals surface area contributed by atoms with E-state index in [0.29, 0.717) is 24.4 Å². The molecule has 0 aliphatic carbocycles. The molecule has 1 heterocycles. The van der Waals surface area contributed by atoms with E-state index in [2.05, 4.69) is 4.98 Å². The first-order chi connectivity index (χ1) is 12.2. The topological polar surface area (TPSA) is 59.4 Å². The highest BCUT2D eigenvalue weighted by Crippen LogP contribution is 2.30.